The number of benzene rings is 2. The highest BCUT2D eigenvalue weighted by molar-refractivity contribution is 5.79. The molecule has 0 radical (unpaired) electrons. The smallest absolute Gasteiger partial charge is 0.349 e. The van der Waals surface area contributed by atoms with Gasteiger partial charge >= 0.3 is 6.18 Å². The number of halogens is 3. The standard InChI is InChI=1S/C30H36F3N3O2/c31-30(32,33)25-10-8-23(9-11-25)20-36-21-29(19-28(36)38)13-16-35(17-14-29)15-12-26(24-4-2-1-3-5-24)34-27(37)18-22-6-7-22/h1-5,8-11,22,26H,6-7,12-21H2,(H,34,37). The van der Waals surface area contributed by atoms with Crippen molar-refractivity contribution in [2.75, 3.05) is 26.2 Å². The molecule has 5 rings (SSSR count). The average Bonchev–Trinajstić information content (AvgIpc) is 3.66. The summed E-state index contributed by atoms with van der Waals surface area (Å²) in [5.41, 5.74) is 1.12. The van der Waals surface area contributed by atoms with Crippen LogP contribution in [0.1, 0.15) is 67.7 Å². The minimum absolute atomic E-state index is 0.00868. The van der Waals surface area contributed by atoms with E-state index in [1.54, 1.807) is 4.90 Å². The van der Waals surface area contributed by atoms with E-state index in [0.717, 1.165) is 75.0 Å². The minimum Gasteiger partial charge on any atom is -0.349 e. The monoisotopic (exact) mass is 527 g/mol. The van der Waals surface area contributed by atoms with Crippen LogP contribution in [-0.2, 0) is 22.3 Å². The predicted molar refractivity (Wildman–Crippen MR) is 139 cm³/mol. The molecule has 1 atom stereocenters. The highest BCUT2D eigenvalue weighted by atomic mass is 19.4. The van der Waals surface area contributed by atoms with Crippen LogP contribution in [0.2, 0.25) is 0 Å². The Morgan fingerprint density at radius 1 is 1.03 bits per heavy atom. The Balaban J connectivity index is 1.12. The first-order chi connectivity index (χ1) is 18.2. The summed E-state index contributed by atoms with van der Waals surface area (Å²) in [5.74, 6) is 0.773. The number of hydrogen-bond donors (Lipinski definition) is 1. The summed E-state index contributed by atoms with van der Waals surface area (Å²) in [6.07, 6.45) is 1.76. The molecular weight excluding hydrogens is 491 g/mol. The summed E-state index contributed by atoms with van der Waals surface area (Å²) < 4.78 is 38.6. The Kier molecular flexibility index (Phi) is 7.80. The topological polar surface area (TPSA) is 52.7 Å². The number of carbonyl (C=O) groups excluding carboxylic acids is 2. The Hall–Kier alpha value is -2.87. The van der Waals surface area contributed by atoms with E-state index < -0.39 is 11.7 Å². The second kappa shape index (κ2) is 11.1. The second-order valence-electron chi connectivity index (χ2n) is 11.4. The third-order valence-corrected chi connectivity index (χ3v) is 8.42. The predicted octanol–water partition coefficient (Wildman–Crippen LogP) is 5.57. The summed E-state index contributed by atoms with van der Waals surface area (Å²) >= 11 is 0. The highest BCUT2D eigenvalue weighted by Crippen LogP contribution is 2.42. The van der Waals surface area contributed by atoms with Crippen LogP contribution in [0.3, 0.4) is 0 Å². The molecule has 204 valence electrons. The Morgan fingerprint density at radius 2 is 1.71 bits per heavy atom. The number of rotatable bonds is 9. The van der Waals surface area contributed by atoms with E-state index in [1.165, 1.54) is 12.1 Å². The molecule has 38 heavy (non-hydrogen) atoms. The van der Waals surface area contributed by atoms with Gasteiger partial charge in [0.2, 0.25) is 11.8 Å². The van der Waals surface area contributed by atoms with Gasteiger partial charge in [-0.15, -0.1) is 0 Å². The average molecular weight is 528 g/mol. The molecule has 2 aromatic rings. The maximum absolute atomic E-state index is 12.9. The molecule has 2 saturated heterocycles. The molecule has 2 heterocycles. The van der Waals surface area contributed by atoms with Crippen LogP contribution in [0.15, 0.2) is 54.6 Å². The SMILES string of the molecule is O=C(CC1CC1)NC(CCN1CCC2(CC1)CC(=O)N(Cc1ccc(C(F)(F)F)cc1)C2)c1ccccc1. The van der Waals surface area contributed by atoms with Gasteiger partial charge in [0, 0.05) is 32.5 Å². The van der Waals surface area contributed by atoms with Gasteiger partial charge in [-0.25, -0.2) is 0 Å². The molecule has 2 aliphatic heterocycles. The lowest BCUT2D eigenvalue weighted by Crippen LogP contribution is -2.42. The van der Waals surface area contributed by atoms with Crippen molar-refractivity contribution in [3.63, 3.8) is 0 Å². The first-order valence-electron chi connectivity index (χ1n) is 13.7. The number of likely N-dealkylation sites (tertiary alicyclic amines) is 2. The lowest BCUT2D eigenvalue weighted by molar-refractivity contribution is -0.137. The number of nitrogens with one attached hydrogen (secondary N) is 1. The number of hydrogen-bond acceptors (Lipinski definition) is 3. The highest BCUT2D eigenvalue weighted by Gasteiger charge is 2.44. The zero-order chi connectivity index (χ0) is 26.8. The fraction of sp³-hybridized carbons (Fsp3) is 0.533. The van der Waals surface area contributed by atoms with Crippen molar-refractivity contribution >= 4 is 11.8 Å². The van der Waals surface area contributed by atoms with Crippen molar-refractivity contribution in [3.05, 3.63) is 71.3 Å². The van der Waals surface area contributed by atoms with E-state index in [1.807, 2.05) is 18.2 Å². The van der Waals surface area contributed by atoms with Crippen molar-refractivity contribution in [2.24, 2.45) is 11.3 Å². The summed E-state index contributed by atoms with van der Waals surface area (Å²) in [7, 11) is 0. The molecule has 1 N–H and O–H groups in total. The van der Waals surface area contributed by atoms with Crippen molar-refractivity contribution < 1.29 is 22.8 Å². The first kappa shape index (κ1) is 26.7. The largest absolute Gasteiger partial charge is 0.416 e. The summed E-state index contributed by atoms with van der Waals surface area (Å²) in [6, 6.07) is 15.2. The molecule has 3 fully saturated rings. The molecular formula is C30H36F3N3O2. The number of alkyl halides is 3. The van der Waals surface area contributed by atoms with Crippen LogP contribution in [-0.4, -0.2) is 47.8 Å². The molecule has 1 spiro atoms. The quantitative estimate of drug-likeness (QED) is 0.464. The van der Waals surface area contributed by atoms with Gasteiger partial charge in [0.15, 0.2) is 0 Å². The van der Waals surface area contributed by atoms with E-state index in [-0.39, 0.29) is 23.3 Å². The Labute approximate surface area is 222 Å². The number of carbonyl (C=O) groups is 2. The van der Waals surface area contributed by atoms with E-state index in [2.05, 4.69) is 22.3 Å². The van der Waals surface area contributed by atoms with Crippen molar-refractivity contribution in [2.45, 2.75) is 63.7 Å². The molecule has 1 aliphatic carbocycles. The molecule has 2 amide bonds. The van der Waals surface area contributed by atoms with Crippen LogP contribution < -0.4 is 5.32 Å². The molecule has 5 nitrogen and oxygen atoms in total. The molecule has 0 aromatic heterocycles. The van der Waals surface area contributed by atoms with Crippen LogP contribution in [0.5, 0.6) is 0 Å². The van der Waals surface area contributed by atoms with Gasteiger partial charge < -0.3 is 15.1 Å². The van der Waals surface area contributed by atoms with E-state index in [0.29, 0.717) is 31.8 Å². The summed E-state index contributed by atoms with van der Waals surface area (Å²) in [5, 5.41) is 3.26. The summed E-state index contributed by atoms with van der Waals surface area (Å²) in [4.78, 5) is 29.6. The number of nitrogens with zero attached hydrogens (tertiary/aromatic N) is 2. The molecule has 1 saturated carbocycles. The molecule has 0 bridgehead atoms. The zero-order valence-electron chi connectivity index (χ0n) is 21.7. The fourth-order valence-corrected chi connectivity index (χ4v) is 5.89. The third-order valence-electron chi connectivity index (χ3n) is 8.42. The number of piperidine rings is 1. The molecule has 1 unspecified atom stereocenters. The summed E-state index contributed by atoms with van der Waals surface area (Å²) in [6.45, 7) is 3.69. The number of amides is 2. The van der Waals surface area contributed by atoms with E-state index in [9.17, 15) is 22.8 Å². The first-order valence-corrected chi connectivity index (χ1v) is 13.7. The fourth-order valence-electron chi connectivity index (χ4n) is 5.89. The van der Waals surface area contributed by atoms with Gasteiger partial charge in [-0.05, 0) is 79.8 Å². The minimum atomic E-state index is -4.36. The van der Waals surface area contributed by atoms with Crippen LogP contribution in [0, 0.1) is 11.3 Å². The van der Waals surface area contributed by atoms with Crippen LogP contribution in [0.4, 0.5) is 13.2 Å². The van der Waals surface area contributed by atoms with E-state index >= 15 is 0 Å². The lowest BCUT2D eigenvalue weighted by atomic mass is 9.77. The van der Waals surface area contributed by atoms with Gasteiger partial charge in [0.1, 0.15) is 0 Å². The van der Waals surface area contributed by atoms with Gasteiger partial charge in [0.05, 0.1) is 11.6 Å². The van der Waals surface area contributed by atoms with Crippen molar-refractivity contribution in [1.82, 2.24) is 15.1 Å². The molecule has 8 heteroatoms. The van der Waals surface area contributed by atoms with Gasteiger partial charge in [-0.3, -0.25) is 9.59 Å². The second-order valence-corrected chi connectivity index (χ2v) is 11.4. The molecule has 2 aromatic carbocycles. The molecule has 3 aliphatic rings. The third kappa shape index (κ3) is 6.76. The van der Waals surface area contributed by atoms with Gasteiger partial charge in [0.25, 0.3) is 0 Å². The van der Waals surface area contributed by atoms with Crippen LogP contribution >= 0.6 is 0 Å². The maximum Gasteiger partial charge on any atom is 0.416 e. The zero-order valence-corrected chi connectivity index (χ0v) is 21.7. The van der Waals surface area contributed by atoms with Crippen molar-refractivity contribution in [1.29, 1.82) is 0 Å². The van der Waals surface area contributed by atoms with Gasteiger partial charge in [-0.1, -0.05) is 42.5 Å². The Morgan fingerprint density at radius 3 is 2.34 bits per heavy atom. The normalized spacial score (nSPS) is 20.6. The van der Waals surface area contributed by atoms with Gasteiger partial charge in [-0.2, -0.15) is 13.2 Å². The Bertz CT molecular complexity index is 1110. The maximum atomic E-state index is 12.9. The van der Waals surface area contributed by atoms with E-state index in [4.69, 9.17) is 0 Å². The lowest BCUT2D eigenvalue weighted by Gasteiger charge is -2.39. The van der Waals surface area contributed by atoms with Crippen LogP contribution in [0.25, 0.3) is 0 Å². The van der Waals surface area contributed by atoms with Crippen molar-refractivity contribution in [3.8, 4) is 0 Å².